The Morgan fingerprint density at radius 2 is 2.57 bits per heavy atom. The number of rotatable bonds is 4. The van der Waals surface area contributed by atoms with E-state index in [2.05, 4.69) is 21.2 Å². The molecule has 0 fully saturated rings. The predicted molar refractivity (Wildman–Crippen MR) is 50.1 cm³/mol. The Balaban J connectivity index is 2.21. The van der Waals surface area contributed by atoms with Gasteiger partial charge in [0.05, 0.1) is 13.2 Å². The van der Waals surface area contributed by atoms with Crippen LogP contribution in [0.1, 0.15) is 6.92 Å². The number of hydrazone groups is 1. The van der Waals surface area contributed by atoms with Crippen molar-refractivity contribution in [3.63, 3.8) is 0 Å². The summed E-state index contributed by atoms with van der Waals surface area (Å²) in [6.45, 7) is 2.44. The number of carbonyl (C=O) groups excluding carboxylic acids is 1. The van der Waals surface area contributed by atoms with E-state index in [0.717, 1.165) is 0 Å². The smallest absolute Gasteiger partial charge is 0.347 e. The molecule has 0 aliphatic carbocycles. The predicted octanol–water partition coefficient (Wildman–Crippen LogP) is -0.270. The lowest BCUT2D eigenvalue weighted by atomic mass is 10.4. The molecule has 0 saturated carbocycles. The third-order valence-electron chi connectivity index (χ3n) is 1.39. The van der Waals surface area contributed by atoms with Gasteiger partial charge in [0.2, 0.25) is 6.61 Å². The number of nitrogens with zero attached hydrogens (tertiary/aromatic N) is 3. The van der Waals surface area contributed by atoms with Gasteiger partial charge >= 0.3 is 5.97 Å². The number of hydrogen-bond donors (Lipinski definition) is 0. The molecule has 0 bridgehead atoms. The zero-order chi connectivity index (χ0) is 10.4. The van der Waals surface area contributed by atoms with Crippen LogP contribution in [0.3, 0.4) is 0 Å². The van der Waals surface area contributed by atoms with Crippen molar-refractivity contribution in [3.8, 4) is 0 Å². The molecule has 1 aliphatic heterocycles. The van der Waals surface area contributed by atoms with Crippen LogP contribution in [-0.4, -0.2) is 49.7 Å². The summed E-state index contributed by atoms with van der Waals surface area (Å²) in [6.07, 6.45) is 2.64. The summed E-state index contributed by atoms with van der Waals surface area (Å²) < 4.78 is 4.64. The van der Waals surface area contributed by atoms with Crippen LogP contribution in [0, 0.1) is 0 Å². The van der Waals surface area contributed by atoms with E-state index in [0.29, 0.717) is 18.9 Å². The molecule has 0 aromatic heterocycles. The van der Waals surface area contributed by atoms with Crippen LogP contribution in [0.5, 0.6) is 0 Å². The van der Waals surface area contributed by atoms with E-state index in [9.17, 15) is 4.79 Å². The quantitative estimate of drug-likeness (QED) is 0.461. The van der Waals surface area contributed by atoms with Gasteiger partial charge in [-0.25, -0.2) is 4.79 Å². The number of oxime groups is 1. The van der Waals surface area contributed by atoms with Crippen molar-refractivity contribution < 1.29 is 14.4 Å². The lowest BCUT2D eigenvalue weighted by Crippen LogP contribution is -2.15. The molecule has 0 spiro atoms. The molecule has 0 saturated heterocycles. The van der Waals surface area contributed by atoms with E-state index >= 15 is 0 Å². The fraction of sp³-hybridized carbons (Fsp3) is 0.625. The van der Waals surface area contributed by atoms with Crippen LogP contribution in [0.2, 0.25) is 0 Å². The molecular formula is C8H12N3O3. The molecular weight excluding hydrogens is 186 g/mol. The van der Waals surface area contributed by atoms with Gasteiger partial charge in [0.25, 0.3) is 0 Å². The maximum Gasteiger partial charge on any atom is 0.347 e. The summed E-state index contributed by atoms with van der Waals surface area (Å²) >= 11 is 0. The third kappa shape index (κ3) is 3.42. The topological polar surface area (TPSA) is 63.5 Å². The summed E-state index contributed by atoms with van der Waals surface area (Å²) in [5.74, 6) is -0.430. The molecule has 0 unspecified atom stereocenters. The van der Waals surface area contributed by atoms with Crippen LogP contribution < -0.4 is 0 Å². The molecule has 0 aromatic carbocycles. The standard InChI is InChI=1S/C8H12N3O3/c1-3-13-8(12)6-14-10-7-4-9-11(2)5-7/h3,5-6H2,1-2H3. The van der Waals surface area contributed by atoms with E-state index < -0.39 is 5.97 Å². The molecule has 1 aliphatic rings. The van der Waals surface area contributed by atoms with E-state index in [1.165, 1.54) is 0 Å². The highest BCUT2D eigenvalue weighted by molar-refractivity contribution is 6.32. The highest BCUT2D eigenvalue weighted by Gasteiger charge is 2.09. The second kappa shape index (κ2) is 5.21. The second-order valence-electron chi connectivity index (χ2n) is 2.64. The van der Waals surface area contributed by atoms with Gasteiger partial charge in [-0.3, -0.25) is 5.01 Å². The van der Waals surface area contributed by atoms with Gasteiger partial charge in [-0.15, -0.1) is 0 Å². The van der Waals surface area contributed by atoms with Crippen molar-refractivity contribution in [1.29, 1.82) is 0 Å². The summed E-state index contributed by atoms with van der Waals surface area (Å²) in [7, 11) is 1.79. The molecule has 0 N–H and O–H groups in total. The highest BCUT2D eigenvalue weighted by atomic mass is 16.7. The Kier molecular flexibility index (Phi) is 3.90. The zero-order valence-corrected chi connectivity index (χ0v) is 8.19. The minimum Gasteiger partial charge on any atom is -0.463 e. The summed E-state index contributed by atoms with van der Waals surface area (Å²) in [6, 6.07) is 0. The molecule has 0 atom stereocenters. The van der Waals surface area contributed by atoms with Gasteiger partial charge in [-0.05, 0) is 6.92 Å². The summed E-state index contributed by atoms with van der Waals surface area (Å²) in [5.41, 5.74) is 0.566. The van der Waals surface area contributed by atoms with Crippen LogP contribution in [0.25, 0.3) is 0 Å². The normalized spacial score (nSPS) is 17.6. The van der Waals surface area contributed by atoms with Gasteiger partial charge < -0.3 is 9.57 Å². The first-order chi connectivity index (χ1) is 6.72. The SMILES string of the molecule is CCOC(=O)CON=C1[C]=NN(C)C1. The maximum absolute atomic E-state index is 10.8. The number of esters is 1. The van der Waals surface area contributed by atoms with Gasteiger partial charge in [-0.2, -0.15) is 5.10 Å². The first-order valence-corrected chi connectivity index (χ1v) is 4.24. The van der Waals surface area contributed by atoms with Crippen molar-refractivity contribution in [2.24, 2.45) is 10.3 Å². The molecule has 1 rings (SSSR count). The Labute approximate surface area is 82.2 Å². The number of hydrogen-bond acceptors (Lipinski definition) is 6. The molecule has 14 heavy (non-hydrogen) atoms. The fourth-order valence-corrected chi connectivity index (χ4v) is 0.845. The van der Waals surface area contributed by atoms with Crippen LogP contribution in [0.4, 0.5) is 0 Å². The van der Waals surface area contributed by atoms with E-state index in [1.807, 2.05) is 0 Å². The molecule has 1 heterocycles. The van der Waals surface area contributed by atoms with Crippen molar-refractivity contribution in [3.05, 3.63) is 0 Å². The third-order valence-corrected chi connectivity index (χ3v) is 1.39. The van der Waals surface area contributed by atoms with E-state index in [-0.39, 0.29) is 6.61 Å². The molecule has 0 amide bonds. The van der Waals surface area contributed by atoms with Gasteiger partial charge in [0.1, 0.15) is 11.9 Å². The lowest BCUT2D eigenvalue weighted by molar-refractivity contribution is -0.148. The van der Waals surface area contributed by atoms with Crippen LogP contribution in [0.15, 0.2) is 10.3 Å². The highest BCUT2D eigenvalue weighted by Crippen LogP contribution is 1.94. The van der Waals surface area contributed by atoms with Crippen molar-refractivity contribution in [1.82, 2.24) is 5.01 Å². The molecule has 6 heteroatoms. The molecule has 6 nitrogen and oxygen atoms in total. The molecule has 1 radical (unpaired) electrons. The van der Waals surface area contributed by atoms with Gasteiger partial charge in [-0.1, -0.05) is 5.16 Å². The van der Waals surface area contributed by atoms with Crippen molar-refractivity contribution >= 4 is 17.9 Å². The van der Waals surface area contributed by atoms with Crippen LogP contribution in [-0.2, 0) is 14.4 Å². The average molecular weight is 198 g/mol. The Morgan fingerprint density at radius 1 is 1.79 bits per heavy atom. The lowest BCUT2D eigenvalue weighted by Gasteiger charge is -2.02. The Morgan fingerprint density at radius 3 is 3.14 bits per heavy atom. The minimum absolute atomic E-state index is 0.178. The number of carbonyl (C=O) groups is 1. The van der Waals surface area contributed by atoms with E-state index in [1.54, 1.807) is 19.0 Å². The zero-order valence-electron chi connectivity index (χ0n) is 8.19. The minimum atomic E-state index is -0.430. The second-order valence-corrected chi connectivity index (χ2v) is 2.64. The van der Waals surface area contributed by atoms with Gasteiger partial charge in [0, 0.05) is 7.05 Å². The van der Waals surface area contributed by atoms with Crippen molar-refractivity contribution in [2.75, 3.05) is 26.8 Å². The summed E-state index contributed by atoms with van der Waals surface area (Å²) in [5, 5.41) is 9.13. The Hall–Kier alpha value is -1.59. The Bertz CT molecular complexity index is 263. The average Bonchev–Trinajstić information content (AvgIpc) is 2.52. The van der Waals surface area contributed by atoms with Gasteiger partial charge in [0.15, 0.2) is 0 Å². The molecule has 77 valence electrons. The fourth-order valence-electron chi connectivity index (χ4n) is 0.845. The largest absolute Gasteiger partial charge is 0.463 e. The van der Waals surface area contributed by atoms with E-state index in [4.69, 9.17) is 4.84 Å². The van der Waals surface area contributed by atoms with Crippen LogP contribution >= 0.6 is 0 Å². The number of ether oxygens (including phenoxy) is 1. The maximum atomic E-state index is 10.8. The van der Waals surface area contributed by atoms with Crippen molar-refractivity contribution in [2.45, 2.75) is 6.92 Å². The summed E-state index contributed by atoms with van der Waals surface area (Å²) in [4.78, 5) is 15.6. The monoisotopic (exact) mass is 198 g/mol. The first-order valence-electron chi connectivity index (χ1n) is 4.24. The molecule has 0 aromatic rings. The first kappa shape index (κ1) is 10.5.